The zero-order valence-electron chi connectivity index (χ0n) is 25.8. The van der Waals surface area contributed by atoms with E-state index in [4.69, 9.17) is 18.9 Å². The Morgan fingerprint density at radius 3 is 2.15 bits per heavy atom. The Kier molecular flexibility index (Phi) is 12.1. The lowest BCUT2D eigenvalue weighted by atomic mass is 9.74. The van der Waals surface area contributed by atoms with Crippen LogP contribution in [0.1, 0.15) is 74.7 Å². The molecule has 2 saturated heterocycles. The number of likely N-dealkylation sites (N-methyl/N-ethyl adjacent to an activating group) is 1. The van der Waals surface area contributed by atoms with Crippen LogP contribution in [-0.2, 0) is 28.5 Å². The summed E-state index contributed by atoms with van der Waals surface area (Å²) in [5, 5.41) is 47.9. The first-order valence-electron chi connectivity index (χ1n) is 14.5. The van der Waals surface area contributed by atoms with Crippen LogP contribution >= 0.6 is 0 Å². The van der Waals surface area contributed by atoms with Crippen LogP contribution in [0.4, 0.5) is 0 Å². The van der Waals surface area contributed by atoms with Gasteiger partial charge in [-0.15, -0.1) is 0 Å². The zero-order valence-corrected chi connectivity index (χ0v) is 25.8. The van der Waals surface area contributed by atoms with Crippen LogP contribution in [0, 0.1) is 23.7 Å². The molecule has 0 aliphatic carbocycles. The molecule has 1 unspecified atom stereocenters. The number of ether oxygens (including phenoxy) is 4. The molecule has 0 bridgehead atoms. The summed E-state index contributed by atoms with van der Waals surface area (Å²) in [5.74, 6) is -4.49. The molecule has 0 aromatic carbocycles. The number of carbonyl (C=O) groups is 2. The van der Waals surface area contributed by atoms with Crippen LogP contribution in [0.25, 0.3) is 0 Å². The first kappa shape index (κ1) is 35.0. The molecule has 11 heteroatoms. The summed E-state index contributed by atoms with van der Waals surface area (Å²) >= 11 is 0. The number of hydrogen-bond acceptors (Lipinski definition) is 11. The Labute approximate surface area is 238 Å². The fourth-order valence-electron chi connectivity index (χ4n) is 6.38. The van der Waals surface area contributed by atoms with Gasteiger partial charge in [0.05, 0.1) is 35.9 Å². The third-order valence-corrected chi connectivity index (χ3v) is 9.26. The number of ketones is 1. The molecule has 2 fully saturated rings. The number of cyclic esters (lactones) is 1. The first-order valence-corrected chi connectivity index (χ1v) is 14.5. The number of nitrogens with one attached hydrogen (secondary N) is 1. The maximum atomic E-state index is 13.6. The minimum Gasteiger partial charge on any atom is -0.459 e. The molecule has 0 spiro atoms. The number of rotatable bonds is 5. The summed E-state index contributed by atoms with van der Waals surface area (Å²) in [6.07, 6.45) is -6.30. The average Bonchev–Trinajstić information content (AvgIpc) is 2.92. The summed E-state index contributed by atoms with van der Waals surface area (Å²) < 4.78 is 24.0. The zero-order chi connectivity index (χ0) is 30.7. The number of hydrogen-bond donors (Lipinski definition) is 5. The van der Waals surface area contributed by atoms with Crippen LogP contribution in [0.5, 0.6) is 0 Å². The van der Waals surface area contributed by atoms with E-state index in [1.807, 2.05) is 6.92 Å². The van der Waals surface area contributed by atoms with Gasteiger partial charge >= 0.3 is 5.97 Å². The fraction of sp³-hybridized carbons (Fsp3) is 0.931. The molecule has 14 atom stereocenters. The molecule has 2 aliphatic heterocycles. The van der Waals surface area contributed by atoms with Crippen LogP contribution in [0.3, 0.4) is 0 Å². The molecule has 2 rings (SSSR count). The third kappa shape index (κ3) is 7.23. The molecule has 11 nitrogen and oxygen atoms in total. The molecule has 2 aliphatic rings. The van der Waals surface area contributed by atoms with Crippen LogP contribution in [0.15, 0.2) is 0 Å². The molecule has 0 amide bonds. The Balaban J connectivity index is 2.59. The van der Waals surface area contributed by atoms with Crippen molar-refractivity contribution in [2.75, 3.05) is 14.2 Å². The lowest BCUT2D eigenvalue weighted by Crippen LogP contribution is -2.60. The van der Waals surface area contributed by atoms with Crippen molar-refractivity contribution in [1.29, 1.82) is 0 Å². The van der Waals surface area contributed by atoms with E-state index in [0.29, 0.717) is 6.42 Å². The summed E-state index contributed by atoms with van der Waals surface area (Å²) in [4.78, 5) is 26.8. The lowest BCUT2D eigenvalue weighted by Gasteiger charge is -2.47. The van der Waals surface area contributed by atoms with Crippen molar-refractivity contribution >= 4 is 11.8 Å². The number of aliphatic hydroxyl groups excluding tert-OH is 3. The van der Waals surface area contributed by atoms with Gasteiger partial charge in [0, 0.05) is 30.9 Å². The topological polar surface area (TPSA) is 164 Å². The first-order chi connectivity index (χ1) is 18.5. The van der Waals surface area contributed by atoms with Crippen molar-refractivity contribution in [1.82, 2.24) is 5.32 Å². The average molecular weight is 576 g/mol. The van der Waals surface area contributed by atoms with E-state index < -0.39 is 77.7 Å². The van der Waals surface area contributed by atoms with E-state index in [0.717, 1.165) is 0 Å². The number of esters is 1. The standard InChI is InChI=1S/C29H53NO10/c1-11-20-29(8,36)24(34)16(4)21(31)14(2)13-28(7,37-10)25(17(5)22(32)18(6)26(35)39-20)40-27-23(33)19(30-9)12-15(3)38-27/h14-20,22-25,27,30,32-34,36H,11-13H2,1-10H3/t14-,15-,16+,17+,18-,19+,20?,22+,23-,24-,25-,27+,28-,29-/m1/s1. The van der Waals surface area contributed by atoms with E-state index in [-0.39, 0.29) is 30.8 Å². The maximum Gasteiger partial charge on any atom is 0.311 e. The van der Waals surface area contributed by atoms with Gasteiger partial charge in [0.25, 0.3) is 0 Å². The van der Waals surface area contributed by atoms with Crippen LogP contribution < -0.4 is 5.32 Å². The van der Waals surface area contributed by atoms with Crippen molar-refractivity contribution in [3.05, 3.63) is 0 Å². The molecule has 234 valence electrons. The molecule has 2 heterocycles. The Morgan fingerprint density at radius 2 is 1.62 bits per heavy atom. The quantitative estimate of drug-likeness (QED) is 0.299. The minimum atomic E-state index is -1.91. The highest BCUT2D eigenvalue weighted by Gasteiger charge is 2.51. The van der Waals surface area contributed by atoms with Crippen molar-refractivity contribution in [3.8, 4) is 0 Å². The molecule has 5 N–H and O–H groups in total. The van der Waals surface area contributed by atoms with Gasteiger partial charge in [0.15, 0.2) is 6.29 Å². The Bertz CT molecular complexity index is 855. The van der Waals surface area contributed by atoms with Crippen LogP contribution in [-0.4, -0.2) is 106 Å². The van der Waals surface area contributed by atoms with E-state index in [9.17, 15) is 30.0 Å². The van der Waals surface area contributed by atoms with Gasteiger partial charge in [-0.25, -0.2) is 0 Å². The van der Waals surface area contributed by atoms with Crippen molar-refractivity contribution in [3.63, 3.8) is 0 Å². The summed E-state index contributed by atoms with van der Waals surface area (Å²) in [5.41, 5.74) is -3.11. The predicted octanol–water partition coefficient (Wildman–Crippen LogP) is 1.17. The monoisotopic (exact) mass is 575 g/mol. The number of methoxy groups -OCH3 is 1. The largest absolute Gasteiger partial charge is 0.459 e. The van der Waals surface area contributed by atoms with Gasteiger partial charge in [0.2, 0.25) is 0 Å². The minimum absolute atomic E-state index is 0.132. The molecule has 0 aromatic rings. The highest BCUT2D eigenvalue weighted by Crippen LogP contribution is 2.38. The summed E-state index contributed by atoms with van der Waals surface area (Å²) in [6.45, 7) is 13.2. The highest BCUT2D eigenvalue weighted by atomic mass is 16.7. The number of Topliss-reactive ketones (excluding diaryl/α,β-unsaturated/α-hetero) is 1. The third-order valence-electron chi connectivity index (χ3n) is 9.26. The fourth-order valence-corrected chi connectivity index (χ4v) is 6.38. The predicted molar refractivity (Wildman–Crippen MR) is 147 cm³/mol. The van der Waals surface area contributed by atoms with E-state index >= 15 is 0 Å². The second-order valence-corrected chi connectivity index (χ2v) is 12.4. The van der Waals surface area contributed by atoms with Crippen molar-refractivity contribution in [2.24, 2.45) is 23.7 Å². The van der Waals surface area contributed by atoms with Gasteiger partial charge in [-0.05, 0) is 54.0 Å². The van der Waals surface area contributed by atoms with Gasteiger partial charge < -0.3 is 44.7 Å². The molecule has 0 radical (unpaired) electrons. The molecule has 0 saturated carbocycles. The smallest absolute Gasteiger partial charge is 0.311 e. The Morgan fingerprint density at radius 1 is 1.02 bits per heavy atom. The van der Waals surface area contributed by atoms with Gasteiger partial charge in [0.1, 0.15) is 23.6 Å². The van der Waals surface area contributed by atoms with E-state index in [1.165, 1.54) is 27.9 Å². The summed E-state index contributed by atoms with van der Waals surface area (Å²) in [6, 6.07) is -0.295. The maximum absolute atomic E-state index is 13.6. The summed E-state index contributed by atoms with van der Waals surface area (Å²) in [7, 11) is 3.22. The second kappa shape index (κ2) is 13.9. The molecule has 0 aromatic heterocycles. The SMILES string of the molecule is CCC1OC(=O)[C@H](C)[C@@H](O)[C@H](C)[C@@H](O[C@@H]2O[C@H](C)C[C@H](NC)[C@H]2O)[C@](C)(OC)C[C@@H](C)C(=O)[C@H](C)[C@@H](O)[C@]1(C)O. The molecular formula is C29H53NO10. The van der Waals surface area contributed by atoms with Gasteiger partial charge in [-0.2, -0.15) is 0 Å². The number of carbonyl (C=O) groups excluding carboxylic acids is 2. The lowest BCUT2D eigenvalue weighted by molar-refractivity contribution is -0.296. The molecule has 40 heavy (non-hydrogen) atoms. The highest BCUT2D eigenvalue weighted by molar-refractivity contribution is 5.83. The molecular weight excluding hydrogens is 522 g/mol. The Hall–Kier alpha value is -1.18. The van der Waals surface area contributed by atoms with E-state index in [1.54, 1.807) is 34.7 Å². The van der Waals surface area contributed by atoms with Gasteiger partial charge in [-0.3, -0.25) is 9.59 Å². The van der Waals surface area contributed by atoms with Crippen molar-refractivity contribution < 1.29 is 49.0 Å². The van der Waals surface area contributed by atoms with Crippen molar-refractivity contribution in [2.45, 2.75) is 135 Å². The second-order valence-electron chi connectivity index (χ2n) is 12.4. The normalized spacial score (nSPS) is 48.4. The van der Waals surface area contributed by atoms with Crippen LogP contribution in [0.2, 0.25) is 0 Å². The van der Waals surface area contributed by atoms with E-state index in [2.05, 4.69) is 5.32 Å². The van der Waals surface area contributed by atoms with Gasteiger partial charge in [-0.1, -0.05) is 27.7 Å². The number of aliphatic hydroxyl groups is 4.